The number of hydrogen-bond donors (Lipinski definition) is 1. The number of rotatable bonds is 4. The predicted octanol–water partition coefficient (Wildman–Crippen LogP) is 2.54. The van der Waals surface area contributed by atoms with Gasteiger partial charge in [0, 0.05) is 30.9 Å². The number of aromatic nitrogens is 1. The van der Waals surface area contributed by atoms with E-state index in [1.165, 1.54) is 12.1 Å². The van der Waals surface area contributed by atoms with E-state index in [4.69, 9.17) is 4.74 Å². The van der Waals surface area contributed by atoms with E-state index >= 15 is 0 Å². The molecule has 0 amide bonds. The van der Waals surface area contributed by atoms with Crippen LogP contribution >= 0.6 is 0 Å². The first-order valence-corrected chi connectivity index (χ1v) is 7.33. The van der Waals surface area contributed by atoms with Gasteiger partial charge in [0.15, 0.2) is 0 Å². The number of methoxy groups -OCH3 is 1. The van der Waals surface area contributed by atoms with Crippen LogP contribution in [0.2, 0.25) is 0 Å². The predicted molar refractivity (Wildman–Crippen MR) is 81.0 cm³/mol. The maximum atomic E-state index is 13.1. The van der Waals surface area contributed by atoms with Gasteiger partial charge in [0.2, 0.25) is 5.88 Å². The third kappa shape index (κ3) is 3.10. The van der Waals surface area contributed by atoms with Crippen LogP contribution in [0.5, 0.6) is 5.88 Å². The molecule has 1 aromatic heterocycles. The second-order valence-electron chi connectivity index (χ2n) is 5.56. The Balaban J connectivity index is 1.83. The molecule has 0 spiro atoms. The van der Waals surface area contributed by atoms with Crippen molar-refractivity contribution in [2.45, 2.75) is 25.1 Å². The van der Waals surface area contributed by atoms with Crippen molar-refractivity contribution in [3.05, 3.63) is 59.5 Å². The lowest BCUT2D eigenvalue weighted by molar-refractivity contribution is 0.172. The first kappa shape index (κ1) is 14.9. The Bertz CT molecular complexity index is 633. The van der Waals surface area contributed by atoms with E-state index < -0.39 is 0 Å². The first-order valence-electron chi connectivity index (χ1n) is 7.33. The van der Waals surface area contributed by atoms with E-state index in [9.17, 15) is 9.50 Å². The van der Waals surface area contributed by atoms with Gasteiger partial charge in [-0.15, -0.1) is 0 Å². The first-order chi connectivity index (χ1) is 10.7. The van der Waals surface area contributed by atoms with Crippen LogP contribution in [-0.2, 0) is 6.54 Å². The Hall–Kier alpha value is -1.98. The molecule has 1 aliphatic heterocycles. The molecular formula is C17H19FN2O2. The summed E-state index contributed by atoms with van der Waals surface area (Å²) in [6, 6.07) is 10.4. The Morgan fingerprint density at radius 2 is 2.09 bits per heavy atom. The van der Waals surface area contributed by atoms with E-state index in [2.05, 4.69) is 9.88 Å². The molecule has 2 atom stereocenters. The molecule has 1 fully saturated rings. The molecule has 0 aliphatic carbocycles. The van der Waals surface area contributed by atoms with Gasteiger partial charge < -0.3 is 9.84 Å². The minimum Gasteiger partial charge on any atom is -0.481 e. The minimum atomic E-state index is -0.377. The van der Waals surface area contributed by atoms with Gasteiger partial charge in [-0.1, -0.05) is 18.2 Å². The van der Waals surface area contributed by atoms with E-state index in [1.54, 1.807) is 25.4 Å². The highest BCUT2D eigenvalue weighted by Crippen LogP contribution is 2.34. The number of β-amino-alcohol motifs (C(OH)–C–C–N with tert-alkyl or cyclic N) is 1. The number of pyridine rings is 1. The molecule has 1 N–H and O–H groups in total. The molecule has 2 aromatic rings. The minimum absolute atomic E-state index is 0.0699. The van der Waals surface area contributed by atoms with Crippen molar-refractivity contribution >= 4 is 0 Å². The highest BCUT2D eigenvalue weighted by atomic mass is 19.1. The lowest BCUT2D eigenvalue weighted by Crippen LogP contribution is -2.24. The Morgan fingerprint density at radius 3 is 2.82 bits per heavy atom. The third-order valence-electron chi connectivity index (χ3n) is 4.05. The van der Waals surface area contributed by atoms with Gasteiger partial charge in [-0.3, -0.25) is 4.90 Å². The smallest absolute Gasteiger partial charge is 0.217 e. The number of hydrogen-bond acceptors (Lipinski definition) is 4. The maximum absolute atomic E-state index is 13.1. The van der Waals surface area contributed by atoms with Gasteiger partial charge >= 0.3 is 0 Å². The zero-order chi connectivity index (χ0) is 15.5. The van der Waals surface area contributed by atoms with E-state index in [0.717, 1.165) is 11.1 Å². The molecule has 0 radical (unpaired) electrons. The Kier molecular flexibility index (Phi) is 4.36. The van der Waals surface area contributed by atoms with Crippen LogP contribution in [0.1, 0.15) is 23.6 Å². The summed E-state index contributed by atoms with van der Waals surface area (Å²) in [7, 11) is 1.60. The molecule has 1 saturated heterocycles. The van der Waals surface area contributed by atoms with Crippen LogP contribution < -0.4 is 4.74 Å². The SMILES string of the molecule is COc1ncccc1CN1C[C@@H](O)C[C@H]1c1ccc(F)cc1. The molecule has 116 valence electrons. The van der Waals surface area contributed by atoms with E-state index in [0.29, 0.717) is 25.4 Å². The summed E-state index contributed by atoms with van der Waals surface area (Å²) in [6.07, 6.45) is 1.96. The quantitative estimate of drug-likeness (QED) is 0.943. The van der Waals surface area contributed by atoms with Crippen LogP contribution in [0.25, 0.3) is 0 Å². The Morgan fingerprint density at radius 1 is 1.32 bits per heavy atom. The van der Waals surface area contributed by atoms with Gasteiger partial charge in [-0.05, 0) is 30.2 Å². The van der Waals surface area contributed by atoms with Crippen molar-refractivity contribution in [1.82, 2.24) is 9.88 Å². The average Bonchev–Trinajstić information content (AvgIpc) is 2.89. The van der Waals surface area contributed by atoms with Crippen molar-refractivity contribution in [2.75, 3.05) is 13.7 Å². The van der Waals surface area contributed by atoms with Crippen molar-refractivity contribution in [3.8, 4) is 5.88 Å². The molecule has 3 rings (SSSR count). The van der Waals surface area contributed by atoms with Gasteiger partial charge in [-0.25, -0.2) is 9.37 Å². The summed E-state index contributed by atoms with van der Waals surface area (Å²) in [4.78, 5) is 6.38. The van der Waals surface area contributed by atoms with Crippen LogP contribution in [0.4, 0.5) is 4.39 Å². The zero-order valence-electron chi connectivity index (χ0n) is 12.4. The van der Waals surface area contributed by atoms with Crippen LogP contribution in [0.3, 0.4) is 0 Å². The zero-order valence-corrected chi connectivity index (χ0v) is 12.4. The van der Waals surface area contributed by atoms with Gasteiger partial charge in [0.1, 0.15) is 5.82 Å². The van der Waals surface area contributed by atoms with Crippen LogP contribution in [-0.4, -0.2) is 34.7 Å². The third-order valence-corrected chi connectivity index (χ3v) is 4.05. The van der Waals surface area contributed by atoms with Crippen LogP contribution in [0.15, 0.2) is 42.6 Å². The fourth-order valence-electron chi connectivity index (χ4n) is 3.03. The highest BCUT2D eigenvalue weighted by molar-refractivity contribution is 5.27. The van der Waals surface area contributed by atoms with Crippen LogP contribution in [0, 0.1) is 5.82 Å². The normalized spacial score (nSPS) is 22.0. The number of ether oxygens (including phenoxy) is 1. The monoisotopic (exact) mass is 302 g/mol. The maximum Gasteiger partial charge on any atom is 0.217 e. The molecular weight excluding hydrogens is 283 g/mol. The van der Waals surface area contributed by atoms with Crippen molar-refractivity contribution in [3.63, 3.8) is 0 Å². The summed E-state index contributed by atoms with van der Waals surface area (Å²) < 4.78 is 18.4. The molecule has 2 heterocycles. The second kappa shape index (κ2) is 6.42. The molecule has 0 bridgehead atoms. The number of benzene rings is 1. The van der Waals surface area contributed by atoms with Gasteiger partial charge in [0.25, 0.3) is 0 Å². The summed E-state index contributed by atoms with van der Waals surface area (Å²) >= 11 is 0. The standard InChI is InChI=1S/C17H19FN2O2/c1-22-17-13(3-2-8-19-17)10-20-11-15(21)9-16(20)12-4-6-14(18)7-5-12/h2-8,15-16,21H,9-11H2,1H3/t15-,16-/m0/s1. The van der Waals surface area contributed by atoms with Crippen molar-refractivity contribution in [2.24, 2.45) is 0 Å². The lowest BCUT2D eigenvalue weighted by Gasteiger charge is -2.25. The van der Waals surface area contributed by atoms with Gasteiger partial charge in [-0.2, -0.15) is 0 Å². The number of aliphatic hydroxyl groups excluding tert-OH is 1. The topological polar surface area (TPSA) is 45.6 Å². The van der Waals surface area contributed by atoms with Crippen molar-refractivity contribution < 1.29 is 14.2 Å². The second-order valence-corrected chi connectivity index (χ2v) is 5.56. The lowest BCUT2D eigenvalue weighted by atomic mass is 10.0. The van der Waals surface area contributed by atoms with Gasteiger partial charge in [0.05, 0.1) is 13.2 Å². The fraction of sp³-hybridized carbons (Fsp3) is 0.353. The molecule has 1 aromatic carbocycles. The molecule has 0 saturated carbocycles. The summed E-state index contributed by atoms with van der Waals surface area (Å²) in [5, 5.41) is 10.0. The number of aliphatic hydroxyl groups is 1. The average molecular weight is 302 g/mol. The summed E-state index contributed by atoms with van der Waals surface area (Å²) in [6.45, 7) is 1.22. The largest absolute Gasteiger partial charge is 0.481 e. The number of likely N-dealkylation sites (tertiary alicyclic amines) is 1. The van der Waals surface area contributed by atoms with E-state index in [1.807, 2.05) is 12.1 Å². The molecule has 0 unspecified atom stereocenters. The van der Waals surface area contributed by atoms with Crippen molar-refractivity contribution in [1.29, 1.82) is 0 Å². The Labute approximate surface area is 129 Å². The molecule has 22 heavy (non-hydrogen) atoms. The summed E-state index contributed by atoms with van der Waals surface area (Å²) in [5.41, 5.74) is 1.99. The number of halogens is 1. The number of nitrogens with zero attached hydrogens (tertiary/aromatic N) is 2. The van der Waals surface area contributed by atoms with E-state index in [-0.39, 0.29) is 18.0 Å². The molecule has 4 nitrogen and oxygen atoms in total. The summed E-state index contributed by atoms with van der Waals surface area (Å²) in [5.74, 6) is 0.351. The molecule has 1 aliphatic rings. The fourth-order valence-corrected chi connectivity index (χ4v) is 3.03. The molecule has 5 heteroatoms. The highest BCUT2D eigenvalue weighted by Gasteiger charge is 2.32.